The van der Waals surface area contributed by atoms with Crippen molar-refractivity contribution in [1.29, 1.82) is 0 Å². The van der Waals surface area contributed by atoms with Gasteiger partial charge in [0.05, 0.1) is 37.9 Å². The van der Waals surface area contributed by atoms with E-state index in [1.54, 1.807) is 0 Å². The highest BCUT2D eigenvalue weighted by molar-refractivity contribution is 6.06. The van der Waals surface area contributed by atoms with Gasteiger partial charge in [0.25, 0.3) is 5.91 Å². The molecule has 7 atom stereocenters. The van der Waals surface area contributed by atoms with Crippen molar-refractivity contribution < 1.29 is 38.8 Å². The van der Waals surface area contributed by atoms with Gasteiger partial charge < -0.3 is 29.7 Å². The first kappa shape index (κ1) is 37.8. The summed E-state index contributed by atoms with van der Waals surface area (Å²) in [7, 11) is 1.98. The van der Waals surface area contributed by atoms with E-state index in [1.807, 2.05) is 123 Å². The number of nitrogens with zero attached hydrogens (tertiary/aromatic N) is 2. The molecule has 0 aromatic heterocycles. The smallest absolute Gasteiger partial charge is 0.408 e. The van der Waals surface area contributed by atoms with Gasteiger partial charge in [-0.15, -0.1) is 0 Å². The minimum atomic E-state index is -0.994. The van der Waals surface area contributed by atoms with Crippen LogP contribution in [0.1, 0.15) is 72.1 Å². The third kappa shape index (κ3) is 9.19. The number of benzene rings is 4. The lowest BCUT2D eigenvalue weighted by molar-refractivity contribution is -0.276. The molecule has 6 rings (SSSR count). The zero-order valence-electron chi connectivity index (χ0n) is 30.2. The molecule has 4 aromatic carbocycles. The van der Waals surface area contributed by atoms with Crippen LogP contribution in [0.3, 0.4) is 0 Å². The number of ether oxygens (including phenoxy) is 3. The van der Waals surface area contributed by atoms with E-state index in [0.717, 1.165) is 38.3 Å². The van der Waals surface area contributed by atoms with Crippen LogP contribution >= 0.6 is 0 Å². The molecule has 11 nitrogen and oxygen atoms in total. The van der Waals surface area contributed by atoms with Crippen molar-refractivity contribution in [2.24, 2.45) is 5.92 Å². The number of likely N-dealkylation sites (tertiary alicyclic amines) is 1. The molecule has 0 spiro atoms. The molecule has 4 aromatic rings. The van der Waals surface area contributed by atoms with E-state index < -0.39 is 30.4 Å². The van der Waals surface area contributed by atoms with E-state index in [2.05, 4.69) is 17.1 Å². The fourth-order valence-electron chi connectivity index (χ4n) is 6.78. The predicted octanol–water partition coefficient (Wildman–Crippen LogP) is 5.58. The number of hydrogen-bond donors (Lipinski definition) is 3. The quantitative estimate of drug-likeness (QED) is 0.151. The Morgan fingerprint density at radius 3 is 2.17 bits per heavy atom. The molecule has 2 fully saturated rings. The molecule has 53 heavy (non-hydrogen) atoms. The Balaban J connectivity index is 1.12. The summed E-state index contributed by atoms with van der Waals surface area (Å²) in [4.78, 5) is 41.6. The summed E-state index contributed by atoms with van der Waals surface area (Å²) in [6, 6.07) is 32.7. The van der Waals surface area contributed by atoms with Crippen LogP contribution in [0, 0.1) is 5.92 Å². The maximum atomic E-state index is 13.1. The van der Waals surface area contributed by atoms with E-state index in [-0.39, 0.29) is 56.3 Å². The van der Waals surface area contributed by atoms with Gasteiger partial charge >= 0.3 is 6.09 Å². The van der Waals surface area contributed by atoms with Crippen LogP contribution in [0.4, 0.5) is 4.79 Å². The van der Waals surface area contributed by atoms with Gasteiger partial charge in [-0.05, 0) is 41.8 Å². The number of hydrogen-bond acceptors (Lipinski definition) is 9. The number of aliphatic hydroxyl groups is 2. The molecule has 0 aliphatic carbocycles. The highest BCUT2D eigenvalue weighted by Gasteiger charge is 2.41. The van der Waals surface area contributed by atoms with Gasteiger partial charge in [0.2, 0.25) is 5.91 Å². The van der Waals surface area contributed by atoms with Crippen LogP contribution in [0.15, 0.2) is 109 Å². The lowest BCUT2D eigenvalue weighted by Gasteiger charge is -2.43. The van der Waals surface area contributed by atoms with Crippen LogP contribution in [0.2, 0.25) is 0 Å². The van der Waals surface area contributed by atoms with Crippen LogP contribution in [-0.4, -0.2) is 69.7 Å². The van der Waals surface area contributed by atoms with Crippen molar-refractivity contribution in [2.75, 3.05) is 13.6 Å². The zero-order chi connectivity index (χ0) is 37.5. The molecule has 3 N–H and O–H groups in total. The summed E-state index contributed by atoms with van der Waals surface area (Å²) in [6.45, 7) is 4.67. The highest BCUT2D eigenvalue weighted by atomic mass is 16.7. The summed E-state index contributed by atoms with van der Waals surface area (Å²) >= 11 is 0. The van der Waals surface area contributed by atoms with Crippen LogP contribution in [-0.2, 0) is 43.6 Å². The molecule has 3 amide bonds. The van der Waals surface area contributed by atoms with E-state index in [1.165, 1.54) is 0 Å². The largest absolute Gasteiger partial charge is 0.445 e. The van der Waals surface area contributed by atoms with E-state index in [9.17, 15) is 24.6 Å². The average molecular weight is 722 g/mol. The van der Waals surface area contributed by atoms with Gasteiger partial charge in [-0.3, -0.25) is 19.4 Å². The second-order valence-electron chi connectivity index (χ2n) is 13.9. The normalized spacial score (nSPS) is 22.8. The number of imide groups is 1. The third-order valence-electron chi connectivity index (χ3n) is 10.2. The maximum Gasteiger partial charge on any atom is 0.408 e. The van der Waals surface area contributed by atoms with Crippen molar-refractivity contribution in [3.05, 3.63) is 143 Å². The van der Waals surface area contributed by atoms with Crippen molar-refractivity contribution in [3.8, 4) is 0 Å². The van der Waals surface area contributed by atoms with Crippen molar-refractivity contribution >= 4 is 17.9 Å². The molecular formula is C42H47N3O8. The molecule has 2 heterocycles. The average Bonchev–Trinajstić information content (AvgIpc) is 3.45. The monoisotopic (exact) mass is 721 g/mol. The Labute approximate surface area is 310 Å². The van der Waals surface area contributed by atoms with Crippen LogP contribution in [0.25, 0.3) is 0 Å². The first-order valence-corrected chi connectivity index (χ1v) is 18.0. The second-order valence-corrected chi connectivity index (χ2v) is 13.9. The standard InChI is InChI=1S/C42H47N3O8/c1-27-36(24-44(3)28(2)38(48)32-12-8-5-9-13-32)52-41(53-39(27)33-18-16-30(25-46)17-19-33)34-20-14-29(15-21-34)23-45-37(47)22-35(40(45)49)43-42(50)51-26-31-10-6-4-7-11-31/h4-21,27-28,35-36,38-39,41,46,48H,22-26H2,1-3H3,(H,43,50)/t27-,28+,35?,36+,38+,39+,41+/m0/s1. The number of likely N-dealkylation sites (N-methyl/N-ethyl adjacent to an activating group) is 1. The maximum absolute atomic E-state index is 13.1. The van der Waals surface area contributed by atoms with Gasteiger partial charge in [-0.2, -0.15) is 0 Å². The van der Waals surface area contributed by atoms with Crippen molar-refractivity contribution in [2.45, 2.75) is 76.7 Å². The van der Waals surface area contributed by atoms with Crippen molar-refractivity contribution in [3.63, 3.8) is 0 Å². The third-order valence-corrected chi connectivity index (χ3v) is 10.2. The van der Waals surface area contributed by atoms with E-state index in [4.69, 9.17) is 14.2 Å². The van der Waals surface area contributed by atoms with Gasteiger partial charge in [0.15, 0.2) is 6.29 Å². The number of rotatable bonds is 13. The zero-order valence-corrected chi connectivity index (χ0v) is 30.2. The SMILES string of the molecule is C[C@H]1[C@@H](CN(C)[C@H](C)[C@@H](O)c2ccccc2)O[C@@H](c2ccc(CN3C(=O)CC(NC(=O)OCc4ccccc4)C3=O)cc2)O[C@H]1c1ccc(CO)cc1. The molecule has 2 aliphatic heterocycles. The van der Waals surface area contributed by atoms with E-state index in [0.29, 0.717) is 6.54 Å². The molecular weight excluding hydrogens is 674 g/mol. The molecule has 11 heteroatoms. The molecule has 0 radical (unpaired) electrons. The molecule has 0 bridgehead atoms. The topological polar surface area (TPSA) is 138 Å². The lowest BCUT2D eigenvalue weighted by atomic mass is 9.89. The summed E-state index contributed by atoms with van der Waals surface area (Å²) < 4.78 is 18.5. The van der Waals surface area contributed by atoms with Gasteiger partial charge in [-0.1, -0.05) is 116 Å². The molecule has 2 saturated heterocycles. The summed E-state index contributed by atoms with van der Waals surface area (Å²) in [6.07, 6.45) is -2.90. The summed E-state index contributed by atoms with van der Waals surface area (Å²) in [5.41, 5.74) is 4.91. The minimum absolute atomic E-state index is 0.0491. The Bertz CT molecular complexity index is 1820. The Morgan fingerprint density at radius 2 is 1.51 bits per heavy atom. The van der Waals surface area contributed by atoms with Crippen LogP contribution in [0.5, 0.6) is 0 Å². The fourth-order valence-corrected chi connectivity index (χ4v) is 6.78. The number of carbonyl (C=O) groups is 3. The van der Waals surface area contributed by atoms with Gasteiger partial charge in [0, 0.05) is 24.1 Å². The number of alkyl carbamates (subject to hydrolysis) is 1. The Kier molecular flexibility index (Phi) is 12.3. The number of amides is 3. The highest BCUT2D eigenvalue weighted by Crippen LogP contribution is 2.42. The minimum Gasteiger partial charge on any atom is -0.445 e. The molecule has 0 saturated carbocycles. The predicted molar refractivity (Wildman–Crippen MR) is 197 cm³/mol. The Morgan fingerprint density at radius 1 is 0.887 bits per heavy atom. The number of carbonyl (C=O) groups excluding carboxylic acids is 3. The molecule has 2 aliphatic rings. The Hall–Kier alpha value is -4.91. The molecule has 278 valence electrons. The number of aliphatic hydroxyl groups excluding tert-OH is 2. The lowest BCUT2D eigenvalue weighted by Crippen LogP contribution is -2.46. The van der Waals surface area contributed by atoms with Gasteiger partial charge in [-0.25, -0.2) is 4.79 Å². The van der Waals surface area contributed by atoms with E-state index >= 15 is 0 Å². The summed E-state index contributed by atoms with van der Waals surface area (Å²) in [5, 5.41) is 23.3. The second kappa shape index (κ2) is 17.3. The first-order valence-electron chi connectivity index (χ1n) is 18.0. The van der Waals surface area contributed by atoms with Crippen LogP contribution < -0.4 is 5.32 Å². The first-order chi connectivity index (χ1) is 25.6. The summed E-state index contributed by atoms with van der Waals surface area (Å²) in [5.74, 6) is -0.926. The number of nitrogens with one attached hydrogen (secondary N) is 1. The molecule has 1 unspecified atom stereocenters. The van der Waals surface area contributed by atoms with Gasteiger partial charge in [0.1, 0.15) is 12.6 Å². The fraction of sp³-hybridized carbons (Fsp3) is 0.357. The van der Waals surface area contributed by atoms with Crippen molar-refractivity contribution in [1.82, 2.24) is 15.1 Å².